The molecule has 1 aromatic rings. The number of halogens is 4. The van der Waals surface area contributed by atoms with E-state index in [-0.39, 0.29) is 17.3 Å². The number of benzene rings is 1. The molecule has 0 radical (unpaired) electrons. The zero-order chi connectivity index (χ0) is 15.3. The molecule has 3 N–H and O–H groups in total. The molecule has 0 aliphatic heterocycles. The Hall–Kier alpha value is -1.47. The Kier molecular flexibility index (Phi) is 5.64. The van der Waals surface area contributed by atoms with E-state index in [9.17, 15) is 18.0 Å². The molecule has 1 atom stereocenters. The van der Waals surface area contributed by atoms with E-state index in [4.69, 9.17) is 16.7 Å². The van der Waals surface area contributed by atoms with Crippen molar-refractivity contribution in [3.05, 3.63) is 28.8 Å². The second-order valence-electron chi connectivity index (χ2n) is 4.08. The minimum absolute atomic E-state index is 0.0601. The summed E-state index contributed by atoms with van der Waals surface area (Å²) in [4.78, 5) is 11.6. The number of amides is 2. The van der Waals surface area contributed by atoms with Crippen LogP contribution in [0.4, 0.5) is 23.7 Å². The van der Waals surface area contributed by atoms with Crippen LogP contribution in [-0.4, -0.2) is 23.8 Å². The number of hydrogen-bond donors (Lipinski definition) is 3. The molecule has 0 aliphatic rings. The molecule has 0 spiro atoms. The van der Waals surface area contributed by atoms with Crippen LogP contribution >= 0.6 is 11.6 Å². The van der Waals surface area contributed by atoms with Crippen LogP contribution in [0.5, 0.6) is 0 Å². The van der Waals surface area contributed by atoms with Crippen molar-refractivity contribution in [2.75, 3.05) is 11.9 Å². The van der Waals surface area contributed by atoms with E-state index in [0.29, 0.717) is 6.42 Å². The molecule has 0 heterocycles. The summed E-state index contributed by atoms with van der Waals surface area (Å²) in [6.07, 6.45) is -3.97. The van der Waals surface area contributed by atoms with Crippen LogP contribution in [0.15, 0.2) is 18.2 Å². The van der Waals surface area contributed by atoms with Gasteiger partial charge in [-0.3, -0.25) is 0 Å². The monoisotopic (exact) mass is 310 g/mol. The summed E-state index contributed by atoms with van der Waals surface area (Å²) in [5.74, 6) is 0. The Morgan fingerprint density at radius 3 is 2.55 bits per heavy atom. The normalized spacial score (nSPS) is 12.9. The van der Waals surface area contributed by atoms with E-state index in [1.807, 2.05) is 0 Å². The second-order valence-corrected chi connectivity index (χ2v) is 4.49. The zero-order valence-corrected chi connectivity index (χ0v) is 11.3. The van der Waals surface area contributed by atoms with Crippen molar-refractivity contribution in [3.8, 4) is 0 Å². The first-order valence-electron chi connectivity index (χ1n) is 5.83. The van der Waals surface area contributed by atoms with Gasteiger partial charge in [0.05, 0.1) is 28.9 Å². The maximum atomic E-state index is 12.4. The molecule has 0 saturated heterocycles. The Morgan fingerprint density at radius 2 is 2.10 bits per heavy atom. The summed E-state index contributed by atoms with van der Waals surface area (Å²) in [6, 6.07) is 1.56. The van der Waals surface area contributed by atoms with Crippen LogP contribution in [-0.2, 0) is 6.18 Å². The second kappa shape index (κ2) is 6.81. The lowest BCUT2D eigenvalue weighted by molar-refractivity contribution is -0.137. The van der Waals surface area contributed by atoms with Gasteiger partial charge in [-0.15, -0.1) is 0 Å². The Balaban J connectivity index is 2.76. The average Bonchev–Trinajstić information content (AvgIpc) is 2.37. The van der Waals surface area contributed by atoms with Crippen LogP contribution in [0.25, 0.3) is 0 Å². The van der Waals surface area contributed by atoms with E-state index in [1.165, 1.54) is 0 Å². The fourth-order valence-electron chi connectivity index (χ4n) is 1.41. The minimum Gasteiger partial charge on any atom is -0.394 e. The van der Waals surface area contributed by atoms with E-state index < -0.39 is 23.8 Å². The third-order valence-electron chi connectivity index (χ3n) is 2.59. The first-order chi connectivity index (χ1) is 9.27. The molecule has 1 aromatic carbocycles. The molecular weight excluding hydrogens is 297 g/mol. The van der Waals surface area contributed by atoms with Gasteiger partial charge in [-0.05, 0) is 24.6 Å². The largest absolute Gasteiger partial charge is 0.416 e. The predicted molar refractivity (Wildman–Crippen MR) is 69.8 cm³/mol. The number of hydrogen-bond acceptors (Lipinski definition) is 2. The van der Waals surface area contributed by atoms with Gasteiger partial charge in [0.1, 0.15) is 0 Å². The summed E-state index contributed by atoms with van der Waals surface area (Å²) in [7, 11) is 0. The molecule has 0 aliphatic carbocycles. The number of nitrogens with one attached hydrogen (secondary N) is 2. The molecule has 4 nitrogen and oxygen atoms in total. The Labute approximate surface area is 118 Å². The minimum atomic E-state index is -4.49. The van der Waals surface area contributed by atoms with E-state index in [2.05, 4.69) is 10.6 Å². The van der Waals surface area contributed by atoms with Crippen molar-refractivity contribution in [2.24, 2.45) is 0 Å². The Bertz CT molecular complexity index is 476. The van der Waals surface area contributed by atoms with Gasteiger partial charge in [-0.2, -0.15) is 13.2 Å². The number of anilines is 1. The van der Waals surface area contributed by atoms with Gasteiger partial charge < -0.3 is 15.7 Å². The number of rotatable bonds is 4. The highest BCUT2D eigenvalue weighted by Crippen LogP contribution is 2.33. The molecule has 20 heavy (non-hydrogen) atoms. The molecular formula is C12H14ClF3N2O2. The van der Waals surface area contributed by atoms with Crippen LogP contribution in [0.2, 0.25) is 5.02 Å². The van der Waals surface area contributed by atoms with Gasteiger partial charge in [-0.25, -0.2) is 4.79 Å². The molecule has 1 rings (SSSR count). The van der Waals surface area contributed by atoms with Gasteiger partial charge >= 0.3 is 12.2 Å². The van der Waals surface area contributed by atoms with E-state index in [1.54, 1.807) is 6.92 Å². The van der Waals surface area contributed by atoms with Gasteiger partial charge in [0.15, 0.2) is 0 Å². The van der Waals surface area contributed by atoms with Gasteiger partial charge in [-0.1, -0.05) is 18.5 Å². The van der Waals surface area contributed by atoms with Crippen LogP contribution in [0, 0.1) is 0 Å². The fraction of sp³-hybridized carbons (Fsp3) is 0.417. The summed E-state index contributed by atoms with van der Waals surface area (Å²) >= 11 is 5.69. The predicted octanol–water partition coefficient (Wildman–Crippen LogP) is 3.25. The highest BCUT2D eigenvalue weighted by molar-refractivity contribution is 6.33. The third-order valence-corrected chi connectivity index (χ3v) is 2.91. The van der Waals surface area contributed by atoms with E-state index >= 15 is 0 Å². The summed E-state index contributed by atoms with van der Waals surface area (Å²) in [5, 5.41) is 13.5. The molecule has 8 heteroatoms. The number of urea groups is 1. The summed E-state index contributed by atoms with van der Waals surface area (Å²) < 4.78 is 37.3. The van der Waals surface area contributed by atoms with Crippen molar-refractivity contribution in [3.63, 3.8) is 0 Å². The van der Waals surface area contributed by atoms with Crippen molar-refractivity contribution in [1.82, 2.24) is 5.32 Å². The maximum Gasteiger partial charge on any atom is 0.416 e. The Morgan fingerprint density at radius 1 is 1.45 bits per heavy atom. The first kappa shape index (κ1) is 16.6. The van der Waals surface area contributed by atoms with Gasteiger partial charge in [0, 0.05) is 0 Å². The number of carbonyl (C=O) groups is 1. The number of aliphatic hydroxyl groups is 1. The highest BCUT2D eigenvalue weighted by Gasteiger charge is 2.31. The molecule has 0 saturated carbocycles. The standard InChI is InChI=1S/C12H14ClF3N2O2/c1-2-8(6-19)17-11(20)18-10-4-3-7(5-9(10)13)12(14,15)16/h3-5,8,19H,2,6H2,1H3,(H2,17,18,20). The molecule has 2 amide bonds. The maximum absolute atomic E-state index is 12.4. The summed E-state index contributed by atoms with van der Waals surface area (Å²) in [6.45, 7) is 1.54. The lowest BCUT2D eigenvalue weighted by Gasteiger charge is -2.16. The van der Waals surface area contributed by atoms with Crippen molar-refractivity contribution in [2.45, 2.75) is 25.6 Å². The van der Waals surface area contributed by atoms with Crippen molar-refractivity contribution >= 4 is 23.3 Å². The van der Waals surface area contributed by atoms with Crippen molar-refractivity contribution in [1.29, 1.82) is 0 Å². The number of carbonyl (C=O) groups excluding carboxylic acids is 1. The van der Waals surface area contributed by atoms with Gasteiger partial charge in [0.25, 0.3) is 0 Å². The molecule has 1 unspecified atom stereocenters. The average molecular weight is 311 g/mol. The number of aliphatic hydroxyl groups excluding tert-OH is 1. The molecule has 0 fully saturated rings. The van der Waals surface area contributed by atoms with E-state index in [0.717, 1.165) is 18.2 Å². The molecule has 112 valence electrons. The number of alkyl halides is 3. The lowest BCUT2D eigenvalue weighted by atomic mass is 10.2. The lowest BCUT2D eigenvalue weighted by Crippen LogP contribution is -2.39. The zero-order valence-electron chi connectivity index (χ0n) is 10.6. The summed E-state index contributed by atoms with van der Waals surface area (Å²) in [5.41, 5.74) is -0.833. The highest BCUT2D eigenvalue weighted by atomic mass is 35.5. The SMILES string of the molecule is CCC(CO)NC(=O)Nc1ccc(C(F)(F)F)cc1Cl. The van der Waals surface area contributed by atoms with Gasteiger partial charge in [0.2, 0.25) is 0 Å². The van der Waals surface area contributed by atoms with Crippen LogP contribution in [0.3, 0.4) is 0 Å². The van der Waals surface area contributed by atoms with Crippen LogP contribution in [0.1, 0.15) is 18.9 Å². The van der Waals surface area contributed by atoms with Crippen molar-refractivity contribution < 1.29 is 23.1 Å². The topological polar surface area (TPSA) is 61.4 Å². The third kappa shape index (κ3) is 4.57. The quantitative estimate of drug-likeness (QED) is 0.799. The molecule has 0 aromatic heterocycles. The smallest absolute Gasteiger partial charge is 0.394 e. The molecule has 0 bridgehead atoms. The fourth-order valence-corrected chi connectivity index (χ4v) is 1.64. The first-order valence-corrected chi connectivity index (χ1v) is 6.20. The van der Waals surface area contributed by atoms with Crippen LogP contribution < -0.4 is 10.6 Å².